The number of pyridine rings is 2. The van der Waals surface area contributed by atoms with Crippen LogP contribution >= 0.6 is 23.2 Å². The number of piperidine rings is 1. The Labute approximate surface area is 207 Å². The molecular formula is C24H25Cl2N5O3. The maximum atomic E-state index is 11.8. The second-order valence-corrected chi connectivity index (χ2v) is 8.59. The molecule has 3 N–H and O–H groups in total. The Bertz CT molecular complexity index is 1210. The molecule has 1 saturated heterocycles. The normalized spacial score (nSPS) is 17.8. The standard InChI is InChI=1S/C24H25Cl2N5O3/c1-4-21(32)31-15-5-6-27-12-17(15)30-20-8-14-10-28-16(7-13(14)11-29-20)22-23(25)18(33-2)9-19(34-3)24(22)26/h4,7-11,15,17,27H,1,5-6,12H2,2-3H3,(H,29,30)(H,31,32)/t15-,17+/m0/s1. The van der Waals surface area contributed by atoms with Crippen molar-refractivity contribution in [2.24, 2.45) is 0 Å². The minimum Gasteiger partial charge on any atom is -0.495 e. The highest BCUT2D eigenvalue weighted by Crippen LogP contribution is 2.45. The van der Waals surface area contributed by atoms with Crippen LogP contribution in [0.1, 0.15) is 6.42 Å². The largest absolute Gasteiger partial charge is 0.495 e. The summed E-state index contributed by atoms with van der Waals surface area (Å²) < 4.78 is 10.7. The van der Waals surface area contributed by atoms with Crippen LogP contribution in [0.4, 0.5) is 5.82 Å². The molecule has 0 saturated carbocycles. The molecule has 178 valence electrons. The van der Waals surface area contributed by atoms with Crippen LogP contribution in [0.25, 0.3) is 22.0 Å². The van der Waals surface area contributed by atoms with Crippen molar-refractivity contribution in [3.05, 3.63) is 53.3 Å². The van der Waals surface area contributed by atoms with Gasteiger partial charge in [-0.25, -0.2) is 4.98 Å². The number of amides is 1. The Kier molecular flexibility index (Phi) is 7.41. The summed E-state index contributed by atoms with van der Waals surface area (Å²) in [7, 11) is 3.06. The Morgan fingerprint density at radius 1 is 1.09 bits per heavy atom. The van der Waals surface area contributed by atoms with Gasteiger partial charge in [0.05, 0.1) is 42.0 Å². The molecule has 3 aromatic rings. The number of ether oxygens (including phenoxy) is 2. The van der Waals surface area contributed by atoms with Gasteiger partial charge >= 0.3 is 0 Å². The molecule has 8 nitrogen and oxygen atoms in total. The number of aromatic nitrogens is 2. The SMILES string of the molecule is C=CC(=O)N[C@H]1CCNC[C@H]1Nc1cc2cnc(-c3c(Cl)c(OC)cc(OC)c3Cl)cc2cn1. The highest BCUT2D eigenvalue weighted by atomic mass is 35.5. The molecule has 2 aromatic heterocycles. The van der Waals surface area contributed by atoms with Crippen LogP contribution < -0.4 is 25.4 Å². The molecule has 34 heavy (non-hydrogen) atoms. The number of methoxy groups -OCH3 is 2. The van der Waals surface area contributed by atoms with E-state index in [-0.39, 0.29) is 18.0 Å². The number of carbonyl (C=O) groups excluding carboxylic acids is 1. The Morgan fingerprint density at radius 3 is 2.44 bits per heavy atom. The summed E-state index contributed by atoms with van der Waals surface area (Å²) >= 11 is 13.1. The minimum absolute atomic E-state index is 0.0169. The van der Waals surface area contributed by atoms with Crippen LogP contribution in [0, 0.1) is 0 Å². The fraction of sp³-hybridized carbons (Fsp3) is 0.292. The predicted octanol–water partition coefficient (Wildman–Crippen LogP) is 4.07. The Hall–Kier alpha value is -3.07. The molecule has 1 fully saturated rings. The minimum atomic E-state index is -0.187. The first-order valence-electron chi connectivity index (χ1n) is 10.7. The Balaban J connectivity index is 1.63. The number of benzene rings is 1. The van der Waals surface area contributed by atoms with Crippen molar-refractivity contribution in [1.82, 2.24) is 20.6 Å². The zero-order chi connectivity index (χ0) is 24.2. The first-order chi connectivity index (χ1) is 16.4. The van der Waals surface area contributed by atoms with Gasteiger partial charge in [-0.3, -0.25) is 9.78 Å². The van der Waals surface area contributed by atoms with E-state index < -0.39 is 0 Å². The van der Waals surface area contributed by atoms with E-state index in [9.17, 15) is 4.79 Å². The fourth-order valence-corrected chi connectivity index (χ4v) is 4.67. The zero-order valence-electron chi connectivity index (χ0n) is 18.8. The maximum absolute atomic E-state index is 11.8. The smallest absolute Gasteiger partial charge is 0.243 e. The van der Waals surface area contributed by atoms with E-state index in [0.717, 1.165) is 23.7 Å². The number of rotatable bonds is 7. The highest BCUT2D eigenvalue weighted by molar-refractivity contribution is 6.41. The first kappa shape index (κ1) is 24.1. The lowest BCUT2D eigenvalue weighted by molar-refractivity contribution is -0.117. The molecule has 4 rings (SSSR count). The molecular weight excluding hydrogens is 477 g/mol. The molecule has 1 aliphatic rings. The van der Waals surface area contributed by atoms with Crippen molar-refractivity contribution in [3.63, 3.8) is 0 Å². The van der Waals surface area contributed by atoms with Gasteiger partial charge in [-0.1, -0.05) is 29.8 Å². The molecule has 1 aromatic carbocycles. The fourth-order valence-electron chi connectivity index (χ4n) is 3.98. The third-order valence-corrected chi connectivity index (χ3v) is 6.51. The van der Waals surface area contributed by atoms with E-state index in [4.69, 9.17) is 32.7 Å². The number of nitrogens with one attached hydrogen (secondary N) is 3. The summed E-state index contributed by atoms with van der Waals surface area (Å²) in [5, 5.41) is 12.2. The van der Waals surface area contributed by atoms with Gasteiger partial charge in [0.25, 0.3) is 0 Å². The summed E-state index contributed by atoms with van der Waals surface area (Å²) in [6, 6.07) is 5.38. The Morgan fingerprint density at radius 2 is 1.76 bits per heavy atom. The highest BCUT2D eigenvalue weighted by Gasteiger charge is 2.26. The summed E-state index contributed by atoms with van der Waals surface area (Å²) in [5.41, 5.74) is 1.10. The van der Waals surface area contributed by atoms with Gasteiger partial charge in [-0.15, -0.1) is 0 Å². The van der Waals surface area contributed by atoms with Crippen LogP contribution in [-0.2, 0) is 4.79 Å². The van der Waals surface area contributed by atoms with Crippen LogP contribution in [0.5, 0.6) is 11.5 Å². The number of carbonyl (C=O) groups is 1. The average molecular weight is 502 g/mol. The summed E-state index contributed by atoms with van der Waals surface area (Å²) in [4.78, 5) is 20.9. The molecule has 0 radical (unpaired) electrons. The van der Waals surface area contributed by atoms with E-state index in [1.807, 2.05) is 12.1 Å². The van der Waals surface area contributed by atoms with Gasteiger partial charge in [0.15, 0.2) is 0 Å². The maximum Gasteiger partial charge on any atom is 0.243 e. The van der Waals surface area contributed by atoms with Gasteiger partial charge < -0.3 is 25.4 Å². The average Bonchev–Trinajstić information content (AvgIpc) is 2.85. The molecule has 0 unspecified atom stereocenters. The summed E-state index contributed by atoms with van der Waals surface area (Å²) in [5.74, 6) is 1.38. The number of fused-ring (bicyclic) bond motifs is 1. The van der Waals surface area contributed by atoms with Crippen molar-refractivity contribution < 1.29 is 14.3 Å². The van der Waals surface area contributed by atoms with Gasteiger partial charge in [0.2, 0.25) is 5.91 Å². The van der Waals surface area contributed by atoms with Gasteiger partial charge in [-0.2, -0.15) is 0 Å². The first-order valence-corrected chi connectivity index (χ1v) is 11.5. The van der Waals surface area contributed by atoms with Gasteiger partial charge in [0.1, 0.15) is 17.3 Å². The molecule has 3 heterocycles. The number of anilines is 1. The molecule has 10 heteroatoms. The summed E-state index contributed by atoms with van der Waals surface area (Å²) in [6.07, 6.45) is 5.59. The molecule has 0 spiro atoms. The second-order valence-electron chi connectivity index (χ2n) is 7.83. The number of nitrogens with zero attached hydrogens (tertiary/aromatic N) is 2. The molecule has 0 aliphatic carbocycles. The molecule has 2 atom stereocenters. The van der Waals surface area contributed by atoms with E-state index >= 15 is 0 Å². The van der Waals surface area contributed by atoms with Crippen molar-refractivity contribution in [2.45, 2.75) is 18.5 Å². The predicted molar refractivity (Wildman–Crippen MR) is 135 cm³/mol. The van der Waals surface area contributed by atoms with E-state index in [2.05, 4.69) is 32.5 Å². The third-order valence-electron chi connectivity index (χ3n) is 5.76. The van der Waals surface area contributed by atoms with Crippen LogP contribution in [0.3, 0.4) is 0 Å². The summed E-state index contributed by atoms with van der Waals surface area (Å²) in [6.45, 7) is 5.06. The van der Waals surface area contributed by atoms with E-state index in [1.165, 1.54) is 20.3 Å². The third kappa shape index (κ3) is 4.89. The molecule has 1 amide bonds. The molecule has 1 aliphatic heterocycles. The van der Waals surface area contributed by atoms with E-state index in [0.29, 0.717) is 45.2 Å². The van der Waals surface area contributed by atoms with Crippen molar-refractivity contribution in [2.75, 3.05) is 32.6 Å². The van der Waals surface area contributed by atoms with E-state index in [1.54, 1.807) is 18.5 Å². The van der Waals surface area contributed by atoms with Gasteiger partial charge in [-0.05, 0) is 31.2 Å². The monoisotopic (exact) mass is 501 g/mol. The number of hydrogen-bond acceptors (Lipinski definition) is 7. The topological polar surface area (TPSA) is 97.4 Å². The lowest BCUT2D eigenvalue weighted by atomic mass is 10.0. The quantitative estimate of drug-likeness (QED) is 0.419. The van der Waals surface area contributed by atoms with Crippen molar-refractivity contribution >= 4 is 45.7 Å². The van der Waals surface area contributed by atoms with Crippen LogP contribution in [0.2, 0.25) is 10.0 Å². The second kappa shape index (κ2) is 10.5. The van der Waals surface area contributed by atoms with Crippen LogP contribution in [0.15, 0.2) is 43.2 Å². The van der Waals surface area contributed by atoms with Gasteiger partial charge in [0, 0.05) is 41.3 Å². The number of hydrogen-bond donors (Lipinski definition) is 3. The number of halogens is 2. The van der Waals surface area contributed by atoms with Crippen LogP contribution in [-0.4, -0.2) is 55.3 Å². The zero-order valence-corrected chi connectivity index (χ0v) is 20.3. The lowest BCUT2D eigenvalue weighted by Gasteiger charge is -2.33. The molecule has 0 bridgehead atoms. The van der Waals surface area contributed by atoms with Crippen molar-refractivity contribution in [3.8, 4) is 22.8 Å². The lowest BCUT2D eigenvalue weighted by Crippen LogP contribution is -2.55. The van der Waals surface area contributed by atoms with Crippen molar-refractivity contribution in [1.29, 1.82) is 0 Å².